The zero-order valence-corrected chi connectivity index (χ0v) is 8.52. The van der Waals surface area contributed by atoms with Crippen molar-refractivity contribution in [3.63, 3.8) is 0 Å². The highest BCUT2D eigenvalue weighted by molar-refractivity contribution is 5.78. The Morgan fingerprint density at radius 2 is 2.40 bits per heavy atom. The molecule has 1 amide bonds. The number of nitrogens with zero attached hydrogens (tertiary/aromatic N) is 3. The van der Waals surface area contributed by atoms with E-state index < -0.39 is 0 Å². The van der Waals surface area contributed by atoms with Gasteiger partial charge in [-0.15, -0.1) is 0 Å². The van der Waals surface area contributed by atoms with Crippen LogP contribution in [0.3, 0.4) is 0 Å². The summed E-state index contributed by atoms with van der Waals surface area (Å²) in [7, 11) is 0. The zero-order valence-electron chi connectivity index (χ0n) is 8.52. The molecular weight excluding hydrogens is 194 g/mol. The van der Waals surface area contributed by atoms with E-state index in [-0.39, 0.29) is 5.91 Å². The second-order valence-electron chi connectivity index (χ2n) is 3.63. The summed E-state index contributed by atoms with van der Waals surface area (Å²) in [5.74, 6) is 0.632. The van der Waals surface area contributed by atoms with Gasteiger partial charge < -0.3 is 11.1 Å². The van der Waals surface area contributed by atoms with Gasteiger partial charge in [-0.05, 0) is 6.07 Å². The van der Waals surface area contributed by atoms with Gasteiger partial charge in [-0.25, -0.2) is 0 Å². The van der Waals surface area contributed by atoms with Crippen LogP contribution in [0.2, 0.25) is 0 Å². The summed E-state index contributed by atoms with van der Waals surface area (Å²) in [4.78, 5) is 13.2. The first kappa shape index (κ1) is 9.97. The van der Waals surface area contributed by atoms with Gasteiger partial charge in [-0.2, -0.15) is 5.10 Å². The van der Waals surface area contributed by atoms with Gasteiger partial charge in [0.15, 0.2) is 0 Å². The maximum atomic E-state index is 11.1. The number of amides is 1. The maximum absolute atomic E-state index is 11.1. The summed E-state index contributed by atoms with van der Waals surface area (Å²) < 4.78 is 1.79. The Kier molecular flexibility index (Phi) is 2.86. The van der Waals surface area contributed by atoms with E-state index in [0.717, 1.165) is 26.2 Å². The van der Waals surface area contributed by atoms with E-state index in [2.05, 4.69) is 15.3 Å². The number of hydrogen-bond acceptors (Lipinski definition) is 4. The van der Waals surface area contributed by atoms with Crippen molar-refractivity contribution in [2.45, 2.75) is 6.54 Å². The molecule has 0 unspecified atom stereocenters. The number of hydrogen-bond donors (Lipinski definition) is 2. The highest BCUT2D eigenvalue weighted by Gasteiger charge is 2.15. The molecule has 0 spiro atoms. The Balaban J connectivity index is 1.80. The molecule has 3 N–H and O–H groups in total. The van der Waals surface area contributed by atoms with Crippen molar-refractivity contribution in [2.75, 3.05) is 31.9 Å². The van der Waals surface area contributed by atoms with Crippen LogP contribution in [0.4, 0.5) is 5.82 Å². The van der Waals surface area contributed by atoms with Gasteiger partial charge in [0.1, 0.15) is 5.82 Å². The Hall–Kier alpha value is -1.56. The molecule has 1 aromatic heterocycles. The van der Waals surface area contributed by atoms with Crippen LogP contribution >= 0.6 is 0 Å². The van der Waals surface area contributed by atoms with E-state index in [4.69, 9.17) is 5.73 Å². The van der Waals surface area contributed by atoms with Gasteiger partial charge in [-0.3, -0.25) is 14.4 Å². The number of aromatic nitrogens is 2. The lowest BCUT2D eigenvalue weighted by Gasteiger charge is -2.26. The molecule has 15 heavy (non-hydrogen) atoms. The lowest BCUT2D eigenvalue weighted by Crippen LogP contribution is -2.48. The first-order chi connectivity index (χ1) is 7.24. The van der Waals surface area contributed by atoms with Crippen LogP contribution in [0.1, 0.15) is 0 Å². The highest BCUT2D eigenvalue weighted by atomic mass is 16.2. The molecule has 1 aliphatic heterocycles. The summed E-state index contributed by atoms with van der Waals surface area (Å²) in [5, 5.41) is 6.87. The third-order valence-corrected chi connectivity index (χ3v) is 2.42. The maximum Gasteiger partial charge on any atom is 0.234 e. The van der Waals surface area contributed by atoms with Crippen molar-refractivity contribution in [3.05, 3.63) is 12.3 Å². The molecule has 0 radical (unpaired) electrons. The predicted molar refractivity (Wildman–Crippen MR) is 56.1 cm³/mol. The average Bonchev–Trinajstić information content (AvgIpc) is 2.62. The number of carbonyl (C=O) groups excluding carboxylic acids is 1. The SMILES string of the molecule is Nc1ccn(CCN2CCNC(=O)C2)n1. The number of nitrogen functional groups attached to an aromatic ring is 1. The molecule has 1 aliphatic rings. The van der Waals surface area contributed by atoms with Crippen molar-refractivity contribution in [1.82, 2.24) is 20.0 Å². The monoisotopic (exact) mass is 209 g/mol. The van der Waals surface area contributed by atoms with Crippen LogP contribution in [-0.2, 0) is 11.3 Å². The second-order valence-corrected chi connectivity index (χ2v) is 3.63. The Bertz CT molecular complexity index is 348. The standard InChI is InChI=1S/C9H15N5O/c10-8-1-3-14(12-8)6-5-13-4-2-11-9(15)7-13/h1,3H,2,4-7H2,(H2,10,12)(H,11,15). The second kappa shape index (κ2) is 4.31. The quantitative estimate of drug-likeness (QED) is 0.662. The Labute approximate surface area is 88.0 Å². The average molecular weight is 209 g/mol. The summed E-state index contributed by atoms with van der Waals surface area (Å²) in [5.41, 5.74) is 5.50. The summed E-state index contributed by atoms with van der Waals surface area (Å²) in [6.07, 6.45) is 1.85. The molecule has 0 aliphatic carbocycles. The molecule has 2 heterocycles. The third kappa shape index (κ3) is 2.69. The van der Waals surface area contributed by atoms with E-state index >= 15 is 0 Å². The molecule has 1 saturated heterocycles. The number of piperazine rings is 1. The number of anilines is 1. The first-order valence-corrected chi connectivity index (χ1v) is 5.02. The molecule has 0 aromatic carbocycles. The molecule has 82 valence electrons. The van der Waals surface area contributed by atoms with Crippen LogP contribution < -0.4 is 11.1 Å². The molecule has 0 atom stereocenters. The van der Waals surface area contributed by atoms with Crippen molar-refractivity contribution in [3.8, 4) is 0 Å². The molecular formula is C9H15N5O. The predicted octanol–water partition coefficient (Wildman–Crippen LogP) is -1.10. The largest absolute Gasteiger partial charge is 0.382 e. The van der Waals surface area contributed by atoms with E-state index in [1.54, 1.807) is 10.7 Å². The Morgan fingerprint density at radius 1 is 1.53 bits per heavy atom. The van der Waals surface area contributed by atoms with Crippen LogP contribution in [0, 0.1) is 0 Å². The lowest BCUT2D eigenvalue weighted by atomic mass is 10.3. The van der Waals surface area contributed by atoms with Gasteiger partial charge in [0.2, 0.25) is 5.91 Å². The van der Waals surface area contributed by atoms with Crippen molar-refractivity contribution in [2.24, 2.45) is 0 Å². The van der Waals surface area contributed by atoms with Crippen LogP contribution in [0.15, 0.2) is 12.3 Å². The van der Waals surface area contributed by atoms with E-state index in [1.807, 2.05) is 6.20 Å². The summed E-state index contributed by atoms with van der Waals surface area (Å²) in [6.45, 7) is 3.72. The van der Waals surface area contributed by atoms with E-state index in [9.17, 15) is 4.79 Å². The van der Waals surface area contributed by atoms with Crippen LogP contribution in [-0.4, -0.2) is 46.8 Å². The fourth-order valence-electron chi connectivity index (χ4n) is 1.63. The minimum atomic E-state index is 0.0984. The van der Waals surface area contributed by atoms with Gasteiger partial charge >= 0.3 is 0 Å². The lowest BCUT2D eigenvalue weighted by molar-refractivity contribution is -0.124. The van der Waals surface area contributed by atoms with Gasteiger partial charge in [0.05, 0.1) is 13.1 Å². The normalized spacial score (nSPS) is 17.7. The minimum absolute atomic E-state index is 0.0984. The summed E-state index contributed by atoms with van der Waals surface area (Å²) in [6, 6.07) is 1.77. The zero-order chi connectivity index (χ0) is 10.7. The molecule has 0 bridgehead atoms. The van der Waals surface area contributed by atoms with Gasteiger partial charge in [-0.1, -0.05) is 0 Å². The number of rotatable bonds is 3. The highest BCUT2D eigenvalue weighted by Crippen LogP contribution is 1.98. The van der Waals surface area contributed by atoms with Crippen LogP contribution in [0.5, 0.6) is 0 Å². The minimum Gasteiger partial charge on any atom is -0.382 e. The number of carbonyl (C=O) groups is 1. The van der Waals surface area contributed by atoms with Crippen molar-refractivity contribution < 1.29 is 4.79 Å². The molecule has 6 nitrogen and oxygen atoms in total. The van der Waals surface area contributed by atoms with Crippen molar-refractivity contribution >= 4 is 11.7 Å². The van der Waals surface area contributed by atoms with Crippen molar-refractivity contribution in [1.29, 1.82) is 0 Å². The third-order valence-electron chi connectivity index (χ3n) is 2.42. The van der Waals surface area contributed by atoms with Gasteiger partial charge in [0, 0.05) is 25.8 Å². The Morgan fingerprint density at radius 3 is 3.07 bits per heavy atom. The first-order valence-electron chi connectivity index (χ1n) is 5.02. The fraction of sp³-hybridized carbons (Fsp3) is 0.556. The molecule has 2 rings (SSSR count). The smallest absolute Gasteiger partial charge is 0.234 e. The summed E-state index contributed by atoms with van der Waals surface area (Å²) >= 11 is 0. The van der Waals surface area contributed by atoms with E-state index in [1.165, 1.54) is 0 Å². The van der Waals surface area contributed by atoms with Crippen LogP contribution in [0.25, 0.3) is 0 Å². The molecule has 0 saturated carbocycles. The van der Waals surface area contributed by atoms with E-state index in [0.29, 0.717) is 12.4 Å². The topological polar surface area (TPSA) is 76.2 Å². The number of nitrogens with one attached hydrogen (secondary N) is 1. The fourth-order valence-corrected chi connectivity index (χ4v) is 1.63. The number of nitrogens with two attached hydrogens (primary N) is 1. The molecule has 1 aromatic rings. The van der Waals surface area contributed by atoms with Gasteiger partial charge in [0.25, 0.3) is 0 Å². The molecule has 6 heteroatoms. The molecule has 1 fully saturated rings.